The van der Waals surface area contributed by atoms with Crippen molar-refractivity contribution < 1.29 is 9.47 Å². The van der Waals surface area contributed by atoms with Crippen LogP contribution in [-0.4, -0.2) is 62.8 Å². The first-order chi connectivity index (χ1) is 9.78. The van der Waals surface area contributed by atoms with Crippen LogP contribution in [0.2, 0.25) is 0 Å². The number of piperazine rings is 1. The average Bonchev–Trinajstić information content (AvgIpc) is 2.47. The first kappa shape index (κ1) is 15.1. The molecule has 0 aliphatic carbocycles. The first-order valence-electron chi connectivity index (χ1n) is 7.54. The van der Waals surface area contributed by atoms with Gasteiger partial charge in [-0.05, 0) is 44.7 Å². The van der Waals surface area contributed by atoms with Gasteiger partial charge in [0.15, 0.2) is 0 Å². The highest BCUT2D eigenvalue weighted by molar-refractivity contribution is 5.31. The predicted octanol–water partition coefficient (Wildman–Crippen LogP) is 2.10. The Kier molecular flexibility index (Phi) is 6.15. The highest BCUT2D eigenvalue weighted by Gasteiger charge is 2.12. The molecule has 1 fully saturated rings. The van der Waals surface area contributed by atoms with Crippen molar-refractivity contribution in [2.75, 3.05) is 53.0 Å². The maximum Gasteiger partial charge on any atom is 0.119 e. The lowest BCUT2D eigenvalue weighted by atomic mass is 10.3. The SMILES string of the molecule is CCOc1ccc(OCCCN2CCN(C)CC2)cc1. The number of ether oxygens (including phenoxy) is 2. The minimum absolute atomic E-state index is 0.700. The monoisotopic (exact) mass is 278 g/mol. The van der Waals surface area contributed by atoms with E-state index in [1.807, 2.05) is 31.2 Å². The Hall–Kier alpha value is -1.26. The van der Waals surface area contributed by atoms with Crippen molar-refractivity contribution in [3.63, 3.8) is 0 Å². The van der Waals surface area contributed by atoms with Crippen LogP contribution in [0.5, 0.6) is 11.5 Å². The summed E-state index contributed by atoms with van der Waals surface area (Å²) in [6, 6.07) is 7.86. The standard InChI is InChI=1S/C16H26N2O2/c1-3-19-15-5-7-16(8-6-15)20-14-4-9-18-12-10-17(2)11-13-18/h5-8H,3-4,9-14H2,1-2H3. The molecule has 1 aromatic carbocycles. The van der Waals surface area contributed by atoms with Crippen LogP contribution in [-0.2, 0) is 0 Å². The minimum Gasteiger partial charge on any atom is -0.494 e. The van der Waals surface area contributed by atoms with Gasteiger partial charge in [-0.1, -0.05) is 0 Å². The van der Waals surface area contributed by atoms with Crippen molar-refractivity contribution in [3.8, 4) is 11.5 Å². The van der Waals surface area contributed by atoms with E-state index in [4.69, 9.17) is 9.47 Å². The molecular weight excluding hydrogens is 252 g/mol. The molecule has 1 aliphatic heterocycles. The van der Waals surface area contributed by atoms with Gasteiger partial charge in [0.1, 0.15) is 11.5 Å². The van der Waals surface area contributed by atoms with E-state index in [-0.39, 0.29) is 0 Å². The summed E-state index contributed by atoms with van der Waals surface area (Å²) in [6.07, 6.45) is 1.08. The minimum atomic E-state index is 0.700. The number of hydrogen-bond donors (Lipinski definition) is 0. The van der Waals surface area contributed by atoms with Gasteiger partial charge in [0.05, 0.1) is 13.2 Å². The van der Waals surface area contributed by atoms with Crippen LogP contribution in [0.15, 0.2) is 24.3 Å². The van der Waals surface area contributed by atoms with E-state index in [0.29, 0.717) is 6.61 Å². The Morgan fingerprint density at radius 3 is 2.15 bits per heavy atom. The van der Waals surface area contributed by atoms with Gasteiger partial charge in [0, 0.05) is 32.7 Å². The second-order valence-corrected chi connectivity index (χ2v) is 5.25. The van der Waals surface area contributed by atoms with Gasteiger partial charge in [-0.3, -0.25) is 0 Å². The van der Waals surface area contributed by atoms with Crippen LogP contribution in [0.25, 0.3) is 0 Å². The highest BCUT2D eigenvalue weighted by atomic mass is 16.5. The fourth-order valence-electron chi connectivity index (χ4n) is 2.35. The second-order valence-electron chi connectivity index (χ2n) is 5.25. The molecule has 112 valence electrons. The number of rotatable bonds is 7. The molecule has 0 atom stereocenters. The third-order valence-electron chi connectivity index (χ3n) is 3.62. The fourth-order valence-corrected chi connectivity index (χ4v) is 2.35. The van der Waals surface area contributed by atoms with E-state index < -0.39 is 0 Å². The largest absolute Gasteiger partial charge is 0.494 e. The van der Waals surface area contributed by atoms with Crippen LogP contribution < -0.4 is 9.47 Å². The Morgan fingerprint density at radius 1 is 0.950 bits per heavy atom. The van der Waals surface area contributed by atoms with Crippen molar-refractivity contribution in [1.82, 2.24) is 9.80 Å². The maximum atomic E-state index is 5.76. The van der Waals surface area contributed by atoms with Crippen molar-refractivity contribution >= 4 is 0 Å². The Bertz CT molecular complexity index is 373. The van der Waals surface area contributed by atoms with Gasteiger partial charge < -0.3 is 19.3 Å². The van der Waals surface area contributed by atoms with Gasteiger partial charge in [0.2, 0.25) is 0 Å². The van der Waals surface area contributed by atoms with Crippen LogP contribution >= 0.6 is 0 Å². The van der Waals surface area contributed by atoms with Gasteiger partial charge in [-0.2, -0.15) is 0 Å². The smallest absolute Gasteiger partial charge is 0.119 e. The molecule has 0 aromatic heterocycles. The third-order valence-corrected chi connectivity index (χ3v) is 3.62. The highest BCUT2D eigenvalue weighted by Crippen LogP contribution is 2.17. The van der Waals surface area contributed by atoms with Crippen molar-refractivity contribution in [1.29, 1.82) is 0 Å². The molecule has 1 aliphatic rings. The Morgan fingerprint density at radius 2 is 1.55 bits per heavy atom. The summed E-state index contributed by atoms with van der Waals surface area (Å²) >= 11 is 0. The molecule has 2 rings (SSSR count). The summed E-state index contributed by atoms with van der Waals surface area (Å²) in [6.45, 7) is 9.32. The number of likely N-dealkylation sites (N-methyl/N-ethyl adjacent to an activating group) is 1. The molecule has 4 heteroatoms. The summed E-state index contributed by atoms with van der Waals surface area (Å²) in [5.74, 6) is 1.82. The van der Waals surface area contributed by atoms with Gasteiger partial charge in [-0.15, -0.1) is 0 Å². The van der Waals surface area contributed by atoms with Crippen LogP contribution in [0.3, 0.4) is 0 Å². The van der Waals surface area contributed by atoms with Crippen molar-refractivity contribution in [2.24, 2.45) is 0 Å². The normalized spacial score (nSPS) is 17.1. The van der Waals surface area contributed by atoms with E-state index >= 15 is 0 Å². The lowest BCUT2D eigenvalue weighted by Gasteiger charge is -2.32. The van der Waals surface area contributed by atoms with E-state index in [2.05, 4.69) is 16.8 Å². The van der Waals surface area contributed by atoms with E-state index in [1.165, 1.54) is 26.2 Å². The fraction of sp³-hybridized carbons (Fsp3) is 0.625. The van der Waals surface area contributed by atoms with Gasteiger partial charge in [0.25, 0.3) is 0 Å². The van der Waals surface area contributed by atoms with Crippen LogP contribution in [0, 0.1) is 0 Å². The molecule has 0 spiro atoms. The zero-order chi connectivity index (χ0) is 14.2. The first-order valence-corrected chi connectivity index (χ1v) is 7.54. The molecule has 4 nitrogen and oxygen atoms in total. The van der Waals surface area contributed by atoms with E-state index in [0.717, 1.165) is 31.1 Å². The zero-order valence-corrected chi connectivity index (χ0v) is 12.7. The molecule has 0 unspecified atom stereocenters. The van der Waals surface area contributed by atoms with Gasteiger partial charge in [-0.25, -0.2) is 0 Å². The summed E-state index contributed by atoms with van der Waals surface area (Å²) < 4.78 is 11.2. The molecule has 20 heavy (non-hydrogen) atoms. The molecular formula is C16H26N2O2. The predicted molar refractivity (Wildman–Crippen MR) is 81.7 cm³/mol. The molecule has 1 saturated heterocycles. The lowest BCUT2D eigenvalue weighted by Crippen LogP contribution is -2.44. The summed E-state index contributed by atoms with van der Waals surface area (Å²) in [5.41, 5.74) is 0. The Balaban J connectivity index is 1.60. The third kappa shape index (κ3) is 5.02. The quantitative estimate of drug-likeness (QED) is 0.713. The number of benzene rings is 1. The molecule has 0 amide bonds. The van der Waals surface area contributed by atoms with Gasteiger partial charge >= 0.3 is 0 Å². The molecule has 1 heterocycles. The lowest BCUT2D eigenvalue weighted by molar-refractivity contribution is 0.145. The molecule has 0 bridgehead atoms. The van der Waals surface area contributed by atoms with Crippen LogP contribution in [0.4, 0.5) is 0 Å². The molecule has 0 N–H and O–H groups in total. The zero-order valence-electron chi connectivity index (χ0n) is 12.7. The second kappa shape index (κ2) is 8.12. The van der Waals surface area contributed by atoms with E-state index in [1.54, 1.807) is 0 Å². The Labute approximate surface area is 122 Å². The van der Waals surface area contributed by atoms with Crippen LogP contribution in [0.1, 0.15) is 13.3 Å². The molecule has 0 saturated carbocycles. The summed E-state index contributed by atoms with van der Waals surface area (Å²) in [5, 5.41) is 0. The summed E-state index contributed by atoms with van der Waals surface area (Å²) in [7, 11) is 2.19. The number of nitrogens with zero attached hydrogens (tertiary/aromatic N) is 2. The molecule has 0 radical (unpaired) electrons. The molecule has 1 aromatic rings. The van der Waals surface area contributed by atoms with Crippen molar-refractivity contribution in [2.45, 2.75) is 13.3 Å². The number of hydrogen-bond acceptors (Lipinski definition) is 4. The topological polar surface area (TPSA) is 24.9 Å². The summed E-state index contributed by atoms with van der Waals surface area (Å²) in [4.78, 5) is 4.90. The average molecular weight is 278 g/mol. The maximum absolute atomic E-state index is 5.76. The van der Waals surface area contributed by atoms with E-state index in [9.17, 15) is 0 Å². The van der Waals surface area contributed by atoms with Crippen molar-refractivity contribution in [3.05, 3.63) is 24.3 Å².